The van der Waals surface area contributed by atoms with Crippen molar-refractivity contribution in [2.45, 2.75) is 31.7 Å². The van der Waals surface area contributed by atoms with E-state index < -0.39 is 11.8 Å². The van der Waals surface area contributed by atoms with Crippen LogP contribution < -0.4 is 15.5 Å². The summed E-state index contributed by atoms with van der Waals surface area (Å²) in [4.78, 5) is 41.1. The van der Waals surface area contributed by atoms with Crippen LogP contribution in [0.25, 0.3) is 0 Å². The smallest absolute Gasteiger partial charge is 0.313 e. The lowest BCUT2D eigenvalue weighted by Gasteiger charge is -2.35. The Hall–Kier alpha value is -2.90. The lowest BCUT2D eigenvalue weighted by molar-refractivity contribution is -0.136. The van der Waals surface area contributed by atoms with Gasteiger partial charge in [-0.25, -0.2) is 0 Å². The number of aryl methyl sites for hydroxylation is 2. The standard InChI is InChI=1S/C24H27ClN4O3/c1-28(2)20(18-7-3-4-8-19(18)25)14-26-23(31)24(32)27-17-12-15-6-5-11-29-21(30)10-9-16(13-17)22(15)29/h3-4,7-8,12-13,20H,5-6,9-11,14H2,1-2H3,(H,26,31)(H,27,32). The van der Waals surface area contributed by atoms with Crippen LogP contribution in [0.4, 0.5) is 11.4 Å². The van der Waals surface area contributed by atoms with Gasteiger partial charge >= 0.3 is 11.8 Å². The maximum absolute atomic E-state index is 12.6. The monoisotopic (exact) mass is 454 g/mol. The molecule has 1 atom stereocenters. The average molecular weight is 455 g/mol. The molecule has 0 aliphatic carbocycles. The number of amides is 3. The zero-order chi connectivity index (χ0) is 22.8. The van der Waals surface area contributed by atoms with Gasteiger partial charge in [0.1, 0.15) is 0 Å². The molecule has 2 aromatic carbocycles. The summed E-state index contributed by atoms with van der Waals surface area (Å²) < 4.78 is 0. The Morgan fingerprint density at radius 3 is 2.53 bits per heavy atom. The van der Waals surface area contributed by atoms with Gasteiger partial charge in [0, 0.05) is 30.2 Å². The Kier molecular flexibility index (Phi) is 6.48. The van der Waals surface area contributed by atoms with Crippen LogP contribution >= 0.6 is 11.6 Å². The van der Waals surface area contributed by atoms with Gasteiger partial charge in [0.15, 0.2) is 0 Å². The largest absolute Gasteiger partial charge is 0.346 e. The van der Waals surface area contributed by atoms with E-state index in [4.69, 9.17) is 11.6 Å². The number of hydrogen-bond donors (Lipinski definition) is 2. The van der Waals surface area contributed by atoms with E-state index in [-0.39, 0.29) is 18.5 Å². The number of likely N-dealkylation sites (N-methyl/N-ethyl adjacent to an activating group) is 1. The highest BCUT2D eigenvalue weighted by atomic mass is 35.5. The van der Waals surface area contributed by atoms with Crippen LogP contribution in [0.3, 0.4) is 0 Å². The Morgan fingerprint density at radius 2 is 1.81 bits per heavy atom. The first-order valence-electron chi connectivity index (χ1n) is 10.8. The summed E-state index contributed by atoms with van der Waals surface area (Å²) in [6, 6.07) is 11.0. The summed E-state index contributed by atoms with van der Waals surface area (Å²) in [7, 11) is 3.79. The van der Waals surface area contributed by atoms with E-state index in [1.54, 1.807) is 6.07 Å². The fraction of sp³-hybridized carbons (Fsp3) is 0.375. The van der Waals surface area contributed by atoms with Gasteiger partial charge in [-0.1, -0.05) is 29.8 Å². The normalized spacial score (nSPS) is 15.9. The van der Waals surface area contributed by atoms with E-state index >= 15 is 0 Å². The molecule has 3 amide bonds. The average Bonchev–Trinajstić information content (AvgIpc) is 2.77. The van der Waals surface area contributed by atoms with Crippen LogP contribution in [0.15, 0.2) is 36.4 Å². The second-order valence-electron chi connectivity index (χ2n) is 8.46. The summed E-state index contributed by atoms with van der Waals surface area (Å²) in [6.45, 7) is 0.987. The molecule has 2 heterocycles. The molecule has 2 aromatic rings. The number of benzene rings is 2. The van der Waals surface area contributed by atoms with Crippen molar-refractivity contribution in [3.05, 3.63) is 58.1 Å². The fourth-order valence-corrected chi connectivity index (χ4v) is 4.76. The first-order valence-corrected chi connectivity index (χ1v) is 11.2. The van der Waals surface area contributed by atoms with Gasteiger partial charge in [-0.3, -0.25) is 14.4 Å². The molecule has 0 aromatic heterocycles. The van der Waals surface area contributed by atoms with Crippen molar-refractivity contribution in [3.63, 3.8) is 0 Å². The highest BCUT2D eigenvalue weighted by Gasteiger charge is 2.30. The molecule has 4 rings (SSSR count). The highest BCUT2D eigenvalue weighted by Crippen LogP contribution is 2.37. The predicted octanol–water partition coefficient (Wildman–Crippen LogP) is 2.92. The van der Waals surface area contributed by atoms with Crippen LogP contribution in [0.5, 0.6) is 0 Å². The highest BCUT2D eigenvalue weighted by molar-refractivity contribution is 6.39. The third-order valence-electron chi connectivity index (χ3n) is 6.08. The van der Waals surface area contributed by atoms with Crippen molar-refractivity contribution in [2.24, 2.45) is 0 Å². The van der Waals surface area contributed by atoms with E-state index in [1.165, 1.54) is 0 Å². The summed E-state index contributed by atoms with van der Waals surface area (Å²) in [5.74, 6) is -1.26. The van der Waals surface area contributed by atoms with Crippen molar-refractivity contribution in [1.82, 2.24) is 10.2 Å². The number of rotatable bonds is 5. The van der Waals surface area contributed by atoms with Gasteiger partial charge in [-0.2, -0.15) is 0 Å². The molecule has 168 valence electrons. The molecule has 32 heavy (non-hydrogen) atoms. The minimum absolute atomic E-state index is 0.156. The van der Waals surface area contributed by atoms with E-state index in [0.717, 1.165) is 41.8 Å². The molecule has 0 spiro atoms. The number of carbonyl (C=O) groups excluding carboxylic acids is 3. The molecule has 7 nitrogen and oxygen atoms in total. The number of nitrogens with zero attached hydrogens (tertiary/aromatic N) is 2. The zero-order valence-corrected chi connectivity index (χ0v) is 19.0. The second-order valence-corrected chi connectivity index (χ2v) is 8.86. The van der Waals surface area contributed by atoms with Crippen LogP contribution in [-0.2, 0) is 27.2 Å². The molecule has 0 saturated heterocycles. The quantitative estimate of drug-likeness (QED) is 0.680. The number of nitrogens with one attached hydrogen (secondary N) is 2. The van der Waals surface area contributed by atoms with Gasteiger partial charge in [-0.15, -0.1) is 0 Å². The minimum Gasteiger partial charge on any atom is -0.346 e. The van der Waals surface area contributed by atoms with Gasteiger partial charge in [-0.05, 0) is 68.2 Å². The summed E-state index contributed by atoms with van der Waals surface area (Å²) in [5.41, 5.74) is 4.55. The van der Waals surface area contributed by atoms with Crippen molar-refractivity contribution in [2.75, 3.05) is 37.4 Å². The third kappa shape index (κ3) is 4.49. The first-order chi connectivity index (χ1) is 15.3. The fourth-order valence-electron chi connectivity index (χ4n) is 4.50. The van der Waals surface area contributed by atoms with Crippen LogP contribution in [0.1, 0.15) is 35.6 Å². The summed E-state index contributed by atoms with van der Waals surface area (Å²) >= 11 is 6.32. The van der Waals surface area contributed by atoms with Crippen molar-refractivity contribution >= 4 is 40.7 Å². The van der Waals surface area contributed by atoms with E-state index in [0.29, 0.717) is 23.6 Å². The molecule has 2 N–H and O–H groups in total. The van der Waals surface area contributed by atoms with E-state index in [1.807, 2.05) is 54.2 Å². The van der Waals surface area contributed by atoms with Crippen LogP contribution in [-0.4, -0.2) is 49.8 Å². The zero-order valence-electron chi connectivity index (χ0n) is 18.3. The molecule has 2 aliphatic rings. The molecule has 8 heteroatoms. The SMILES string of the molecule is CN(C)C(CNC(=O)C(=O)Nc1cc2c3c(c1)CCC(=O)N3CCC2)c1ccccc1Cl. The van der Waals surface area contributed by atoms with Gasteiger partial charge < -0.3 is 20.4 Å². The molecular weight excluding hydrogens is 428 g/mol. The summed E-state index contributed by atoms with van der Waals surface area (Å²) in [5, 5.41) is 6.06. The maximum Gasteiger partial charge on any atom is 0.313 e. The second kappa shape index (κ2) is 9.30. The molecule has 1 unspecified atom stereocenters. The number of carbonyl (C=O) groups is 3. The number of anilines is 2. The number of hydrogen-bond acceptors (Lipinski definition) is 4. The van der Waals surface area contributed by atoms with E-state index in [9.17, 15) is 14.4 Å². The predicted molar refractivity (Wildman–Crippen MR) is 125 cm³/mol. The Bertz CT molecular complexity index is 1050. The Morgan fingerprint density at radius 1 is 1.09 bits per heavy atom. The van der Waals surface area contributed by atoms with Crippen LogP contribution in [0.2, 0.25) is 5.02 Å². The maximum atomic E-state index is 12.6. The Labute approximate surface area is 192 Å². The lowest BCUT2D eigenvalue weighted by atomic mass is 9.91. The van der Waals surface area contributed by atoms with Crippen molar-refractivity contribution in [1.29, 1.82) is 0 Å². The number of halogens is 1. The van der Waals surface area contributed by atoms with Crippen molar-refractivity contribution in [3.8, 4) is 0 Å². The summed E-state index contributed by atoms with van der Waals surface area (Å²) in [6.07, 6.45) is 2.86. The Balaban J connectivity index is 1.44. The molecular formula is C24H27ClN4O3. The third-order valence-corrected chi connectivity index (χ3v) is 6.43. The van der Waals surface area contributed by atoms with Crippen molar-refractivity contribution < 1.29 is 14.4 Å². The molecule has 0 bridgehead atoms. The van der Waals surface area contributed by atoms with Gasteiger partial charge in [0.25, 0.3) is 0 Å². The van der Waals surface area contributed by atoms with E-state index in [2.05, 4.69) is 10.6 Å². The first kappa shape index (κ1) is 22.3. The van der Waals surface area contributed by atoms with Gasteiger partial charge in [0.2, 0.25) is 5.91 Å². The minimum atomic E-state index is -0.714. The van der Waals surface area contributed by atoms with Gasteiger partial charge in [0.05, 0.1) is 11.7 Å². The lowest BCUT2D eigenvalue weighted by Crippen LogP contribution is -2.41. The topological polar surface area (TPSA) is 81.8 Å². The molecule has 2 aliphatic heterocycles. The molecule has 0 fully saturated rings. The molecule has 0 radical (unpaired) electrons. The molecule has 0 saturated carbocycles. The van der Waals surface area contributed by atoms with Crippen LogP contribution in [0, 0.1) is 0 Å².